The number of nitrogens with zero attached hydrogens (tertiary/aromatic N) is 1. The van der Waals surface area contributed by atoms with Crippen LogP contribution in [0.1, 0.15) is 14.2 Å². The quantitative estimate of drug-likeness (QED) is 0.537. The molecule has 3 aromatic rings. The molecule has 6 heteroatoms. The van der Waals surface area contributed by atoms with Crippen molar-refractivity contribution >= 4 is 29.6 Å². The molecular weight excluding hydrogens is 301 g/mol. The highest BCUT2D eigenvalue weighted by atomic mass is 31.2. The van der Waals surface area contributed by atoms with E-state index in [0.29, 0.717) is 12.8 Å². The van der Waals surface area contributed by atoms with Crippen LogP contribution in [0.15, 0.2) is 48.5 Å². The van der Waals surface area contributed by atoms with Crippen LogP contribution in [0.3, 0.4) is 0 Å². The van der Waals surface area contributed by atoms with Crippen molar-refractivity contribution in [1.82, 2.24) is 4.57 Å². The number of phosphoric ester groups is 1. The predicted octanol–water partition coefficient (Wildman–Crippen LogP) is 3.68. The second kappa shape index (κ2) is 6.23. The summed E-state index contributed by atoms with van der Waals surface area (Å²) in [7, 11) is -4.43. The summed E-state index contributed by atoms with van der Waals surface area (Å²) in [4.78, 5) is 17.4. The lowest BCUT2D eigenvalue weighted by Crippen LogP contribution is -2.00. The first-order chi connectivity index (χ1) is 11.0. The van der Waals surface area contributed by atoms with Gasteiger partial charge in [0.2, 0.25) is 0 Å². The minimum Gasteiger partial charge on any atom is -0.340 e. The summed E-state index contributed by atoms with van der Waals surface area (Å²) in [6, 6.07) is 15.9. The largest absolute Gasteiger partial charge is 0.469 e. The molecule has 0 spiro atoms. The predicted molar refractivity (Wildman–Crippen MR) is 86.7 cm³/mol. The Kier molecular flexibility index (Phi) is 3.95. The van der Waals surface area contributed by atoms with Gasteiger partial charge < -0.3 is 14.4 Å². The maximum absolute atomic E-state index is 10.7. The van der Waals surface area contributed by atoms with Crippen molar-refractivity contribution in [2.45, 2.75) is 19.4 Å². The van der Waals surface area contributed by atoms with Gasteiger partial charge in [0.25, 0.3) is 0 Å². The van der Waals surface area contributed by atoms with Gasteiger partial charge in [-0.05, 0) is 25.0 Å². The lowest BCUT2D eigenvalue weighted by molar-refractivity contribution is 0.193. The highest BCUT2D eigenvalue weighted by Crippen LogP contribution is 2.36. The van der Waals surface area contributed by atoms with Crippen LogP contribution in [-0.4, -0.2) is 21.0 Å². The molecule has 22 heavy (non-hydrogen) atoms. The van der Waals surface area contributed by atoms with Crippen LogP contribution in [0.2, 0.25) is 0 Å². The van der Waals surface area contributed by atoms with E-state index in [1.165, 1.54) is 0 Å². The lowest BCUT2D eigenvalue weighted by Gasteiger charge is -2.08. The van der Waals surface area contributed by atoms with E-state index in [4.69, 9.17) is 11.2 Å². The molecule has 2 N–H and O–H groups in total. The van der Waals surface area contributed by atoms with Crippen LogP contribution >= 0.6 is 7.82 Å². The van der Waals surface area contributed by atoms with Crippen molar-refractivity contribution < 1.29 is 20.2 Å². The fraction of sp³-hybridized carbons (Fsp3) is 0.250. The number of phosphoric acid groups is 1. The molecule has 1 heterocycles. The Morgan fingerprint density at radius 2 is 1.55 bits per heavy atom. The van der Waals surface area contributed by atoms with Crippen molar-refractivity contribution in [3.63, 3.8) is 0 Å². The lowest BCUT2D eigenvalue weighted by atomic mass is 10.2. The van der Waals surface area contributed by atoms with E-state index < -0.39 is 14.3 Å². The smallest absolute Gasteiger partial charge is 0.340 e. The number of para-hydroxylation sites is 2. The first-order valence-corrected chi connectivity index (χ1v) is 8.60. The summed E-state index contributed by atoms with van der Waals surface area (Å²) in [5, 5.41) is 2.21. The van der Waals surface area contributed by atoms with Gasteiger partial charge in [0, 0.05) is 29.7 Å². The average molecular weight is 320 g/mol. The van der Waals surface area contributed by atoms with Crippen molar-refractivity contribution in [1.29, 1.82) is 0 Å². The molecule has 0 aliphatic rings. The van der Waals surface area contributed by atoms with Gasteiger partial charge in [-0.25, -0.2) is 4.57 Å². The van der Waals surface area contributed by atoms with E-state index in [0.717, 1.165) is 21.8 Å². The monoisotopic (exact) mass is 320 g/mol. The summed E-state index contributed by atoms with van der Waals surface area (Å²) in [6.45, 7) is -0.600. The molecule has 0 amide bonds. The summed E-state index contributed by atoms with van der Waals surface area (Å²) in [6.07, 6.45) is 0.850. The van der Waals surface area contributed by atoms with Crippen molar-refractivity contribution in [2.24, 2.45) is 0 Å². The van der Waals surface area contributed by atoms with Crippen LogP contribution in [-0.2, 0) is 15.6 Å². The standard InChI is InChI=1S/C16H18NO4P/c18-22(19,20)21-12-6-5-11-17-15-9-3-1-7-13(15)14-8-2-4-10-16(14)17/h1-4,7-10H,5-6,11-12H2,(H2,18,19,20)/i11D. The Bertz CT molecular complexity index is 820. The van der Waals surface area contributed by atoms with Gasteiger partial charge in [-0.2, -0.15) is 0 Å². The molecule has 1 atom stereocenters. The number of aryl methyl sites for hydroxylation is 1. The second-order valence-corrected chi connectivity index (χ2v) is 6.29. The molecule has 0 fully saturated rings. The summed E-state index contributed by atoms with van der Waals surface area (Å²) in [5.74, 6) is 0. The number of rotatable bonds is 6. The Balaban J connectivity index is 1.87. The van der Waals surface area contributed by atoms with Gasteiger partial charge in [0.1, 0.15) is 0 Å². The number of hydrogen-bond acceptors (Lipinski definition) is 2. The maximum atomic E-state index is 10.7. The van der Waals surface area contributed by atoms with Gasteiger partial charge in [0.15, 0.2) is 0 Å². The molecule has 5 nitrogen and oxygen atoms in total. The summed E-state index contributed by atoms with van der Waals surface area (Å²) in [5.41, 5.74) is 1.98. The summed E-state index contributed by atoms with van der Waals surface area (Å²) < 4.78 is 25.5. The normalized spacial score (nSPS) is 14.4. The molecule has 0 bridgehead atoms. The zero-order valence-corrected chi connectivity index (χ0v) is 12.8. The highest BCUT2D eigenvalue weighted by Gasteiger charge is 2.13. The molecule has 0 radical (unpaired) electrons. The van der Waals surface area contributed by atoms with E-state index in [2.05, 4.69) is 4.52 Å². The molecule has 3 rings (SSSR count). The third kappa shape index (κ3) is 3.23. The van der Waals surface area contributed by atoms with Gasteiger partial charge in [0.05, 0.1) is 6.61 Å². The fourth-order valence-electron chi connectivity index (χ4n) is 2.64. The Morgan fingerprint density at radius 3 is 2.09 bits per heavy atom. The maximum Gasteiger partial charge on any atom is 0.469 e. The third-order valence-electron chi connectivity index (χ3n) is 3.54. The number of benzene rings is 2. The molecule has 2 aromatic carbocycles. The number of fused-ring (bicyclic) bond motifs is 3. The van der Waals surface area contributed by atoms with Crippen LogP contribution < -0.4 is 0 Å². The topological polar surface area (TPSA) is 71.7 Å². The first-order valence-electron chi connectivity index (χ1n) is 7.65. The minimum atomic E-state index is -4.43. The summed E-state index contributed by atoms with van der Waals surface area (Å²) >= 11 is 0. The van der Waals surface area contributed by atoms with Crippen LogP contribution in [0, 0.1) is 0 Å². The molecule has 0 aliphatic heterocycles. The van der Waals surface area contributed by atoms with E-state index >= 15 is 0 Å². The van der Waals surface area contributed by atoms with E-state index in [1.54, 1.807) is 0 Å². The third-order valence-corrected chi connectivity index (χ3v) is 4.06. The van der Waals surface area contributed by atoms with Gasteiger partial charge in [-0.15, -0.1) is 0 Å². The zero-order valence-electron chi connectivity index (χ0n) is 12.9. The number of aromatic nitrogens is 1. The SMILES string of the molecule is [2H]C(CCCOP(=O)(O)O)n1c2ccccc2c2ccccc21. The van der Waals surface area contributed by atoms with Crippen LogP contribution in [0.4, 0.5) is 0 Å². The minimum absolute atomic E-state index is 0.0587. The van der Waals surface area contributed by atoms with Crippen LogP contribution in [0.25, 0.3) is 21.8 Å². The Hall–Kier alpha value is -1.65. The molecule has 1 aromatic heterocycles. The highest BCUT2D eigenvalue weighted by molar-refractivity contribution is 7.46. The average Bonchev–Trinajstić information content (AvgIpc) is 2.85. The molecule has 116 valence electrons. The van der Waals surface area contributed by atoms with Crippen molar-refractivity contribution in [3.05, 3.63) is 48.5 Å². The van der Waals surface area contributed by atoms with Gasteiger partial charge >= 0.3 is 7.82 Å². The Morgan fingerprint density at radius 1 is 1.00 bits per heavy atom. The van der Waals surface area contributed by atoms with Crippen LogP contribution in [0.5, 0.6) is 0 Å². The van der Waals surface area contributed by atoms with E-state index in [9.17, 15) is 4.57 Å². The van der Waals surface area contributed by atoms with E-state index in [-0.39, 0.29) is 6.61 Å². The molecule has 0 saturated carbocycles. The van der Waals surface area contributed by atoms with Crippen molar-refractivity contribution in [2.75, 3.05) is 6.61 Å². The number of hydrogen-bond donors (Lipinski definition) is 2. The van der Waals surface area contributed by atoms with Gasteiger partial charge in [-0.1, -0.05) is 36.4 Å². The molecule has 0 aliphatic carbocycles. The van der Waals surface area contributed by atoms with Crippen molar-refractivity contribution in [3.8, 4) is 0 Å². The Labute approximate surface area is 129 Å². The fourth-order valence-corrected chi connectivity index (χ4v) is 3.00. The zero-order chi connectivity index (χ0) is 16.4. The van der Waals surface area contributed by atoms with E-state index in [1.807, 2.05) is 53.1 Å². The molecule has 0 saturated heterocycles. The molecular formula is C16H18NO4P. The molecule has 1 unspecified atom stereocenters. The second-order valence-electron chi connectivity index (χ2n) is 5.05. The first kappa shape index (κ1) is 14.0. The van der Waals surface area contributed by atoms with Gasteiger partial charge in [-0.3, -0.25) is 4.52 Å².